The van der Waals surface area contributed by atoms with E-state index < -0.39 is 22.0 Å². The van der Waals surface area contributed by atoms with Crippen LogP contribution in [-0.4, -0.2) is 39.1 Å². The predicted molar refractivity (Wildman–Crippen MR) is 97.0 cm³/mol. The van der Waals surface area contributed by atoms with E-state index in [1.54, 1.807) is 13.8 Å². The average molecular weight is 399 g/mol. The monoisotopic (exact) mass is 398 g/mol. The average Bonchev–Trinajstić information content (AvgIpc) is 2.56. The van der Waals surface area contributed by atoms with E-state index in [-0.39, 0.29) is 27.8 Å². The summed E-state index contributed by atoms with van der Waals surface area (Å²) in [6.45, 7) is 3.70. The van der Waals surface area contributed by atoms with Gasteiger partial charge in [0.25, 0.3) is 15.9 Å². The van der Waals surface area contributed by atoms with Crippen LogP contribution >= 0.6 is 11.6 Å². The minimum Gasteiger partial charge on any atom is -0.487 e. The Labute approximate surface area is 157 Å². The van der Waals surface area contributed by atoms with Gasteiger partial charge in [0, 0.05) is 29.6 Å². The molecule has 1 unspecified atom stereocenters. The van der Waals surface area contributed by atoms with Crippen LogP contribution in [0.15, 0.2) is 41.4 Å². The van der Waals surface area contributed by atoms with E-state index in [4.69, 9.17) is 21.1 Å². The van der Waals surface area contributed by atoms with E-state index >= 15 is 0 Å². The highest BCUT2D eigenvalue weighted by Gasteiger charge is 2.24. The Morgan fingerprint density at radius 2 is 2.04 bits per heavy atom. The zero-order valence-electron chi connectivity index (χ0n) is 14.5. The van der Waals surface area contributed by atoms with Gasteiger partial charge in [-0.2, -0.15) is 0 Å². The Balaban J connectivity index is 2.32. The molecule has 26 heavy (non-hydrogen) atoms. The molecule has 0 aliphatic heterocycles. The number of benzene rings is 1. The summed E-state index contributed by atoms with van der Waals surface area (Å²) in [5.41, 5.74) is 0.772. The topological polar surface area (TPSA) is 94.6 Å². The van der Waals surface area contributed by atoms with Crippen molar-refractivity contribution in [2.24, 2.45) is 0 Å². The van der Waals surface area contributed by atoms with Crippen molar-refractivity contribution in [2.75, 3.05) is 13.7 Å². The third kappa shape index (κ3) is 5.17. The van der Waals surface area contributed by atoms with E-state index in [2.05, 4.69) is 4.98 Å². The first-order valence-electron chi connectivity index (χ1n) is 7.68. The van der Waals surface area contributed by atoms with Gasteiger partial charge >= 0.3 is 0 Å². The normalized spacial score (nSPS) is 12.5. The zero-order valence-corrected chi connectivity index (χ0v) is 16.1. The molecule has 1 aromatic carbocycles. The van der Waals surface area contributed by atoms with Crippen LogP contribution in [0.25, 0.3) is 0 Å². The van der Waals surface area contributed by atoms with Crippen LogP contribution in [0.2, 0.25) is 5.02 Å². The second-order valence-electron chi connectivity index (χ2n) is 5.60. The SMILES string of the molecule is COCC(C)Oc1ccc(Cl)cc1S(=O)(=O)NC(=O)c1ccnc(C)c1. The van der Waals surface area contributed by atoms with Gasteiger partial charge in [-0.05, 0) is 44.2 Å². The molecule has 0 fully saturated rings. The summed E-state index contributed by atoms with van der Waals surface area (Å²) in [4.78, 5) is 16.0. The van der Waals surface area contributed by atoms with Crippen LogP contribution in [-0.2, 0) is 14.8 Å². The van der Waals surface area contributed by atoms with Gasteiger partial charge in [0.15, 0.2) is 0 Å². The molecular formula is C17H19ClN2O5S. The summed E-state index contributed by atoms with van der Waals surface area (Å²) in [6.07, 6.45) is 1.03. The largest absolute Gasteiger partial charge is 0.487 e. The Bertz CT molecular complexity index is 902. The molecule has 2 rings (SSSR count). The third-order valence-electron chi connectivity index (χ3n) is 3.31. The number of amides is 1. The number of aromatic nitrogens is 1. The van der Waals surface area contributed by atoms with Crippen molar-refractivity contribution in [3.05, 3.63) is 52.8 Å². The summed E-state index contributed by atoms with van der Waals surface area (Å²) < 4.78 is 38.0. The number of pyridine rings is 1. The van der Waals surface area contributed by atoms with E-state index in [0.717, 1.165) is 0 Å². The van der Waals surface area contributed by atoms with Crippen LogP contribution in [0.3, 0.4) is 0 Å². The van der Waals surface area contributed by atoms with E-state index in [9.17, 15) is 13.2 Å². The van der Waals surface area contributed by atoms with Gasteiger partial charge in [0.05, 0.1) is 6.61 Å². The minimum absolute atomic E-state index is 0.0742. The molecule has 1 aromatic heterocycles. The van der Waals surface area contributed by atoms with Gasteiger partial charge in [-0.3, -0.25) is 9.78 Å². The number of hydrogen-bond acceptors (Lipinski definition) is 6. The lowest BCUT2D eigenvalue weighted by Crippen LogP contribution is -2.31. The fourth-order valence-electron chi connectivity index (χ4n) is 2.20. The van der Waals surface area contributed by atoms with Crippen molar-refractivity contribution >= 4 is 27.5 Å². The van der Waals surface area contributed by atoms with Gasteiger partial charge in [0.1, 0.15) is 16.7 Å². The number of methoxy groups -OCH3 is 1. The maximum Gasteiger partial charge on any atom is 0.268 e. The highest BCUT2D eigenvalue weighted by atomic mass is 35.5. The molecule has 7 nitrogen and oxygen atoms in total. The number of carbonyl (C=O) groups excluding carboxylic acids is 1. The van der Waals surface area contributed by atoms with Crippen molar-refractivity contribution in [1.29, 1.82) is 0 Å². The third-order valence-corrected chi connectivity index (χ3v) is 4.90. The molecule has 2 aromatic rings. The standard InChI is InChI=1S/C17H19ClN2O5S/c1-11-8-13(6-7-19-11)17(21)20-26(22,23)16-9-14(18)4-5-15(16)25-12(2)10-24-3/h4-9,12H,10H2,1-3H3,(H,20,21). The second kappa shape index (κ2) is 8.48. The molecular weight excluding hydrogens is 380 g/mol. The molecule has 0 radical (unpaired) electrons. The first-order chi connectivity index (χ1) is 12.2. The van der Waals surface area contributed by atoms with Gasteiger partial charge in [-0.25, -0.2) is 13.1 Å². The summed E-state index contributed by atoms with van der Waals surface area (Å²) >= 11 is 5.93. The summed E-state index contributed by atoms with van der Waals surface area (Å²) in [5, 5.41) is 0.198. The zero-order chi connectivity index (χ0) is 19.3. The number of ether oxygens (including phenoxy) is 2. The van der Waals surface area contributed by atoms with Gasteiger partial charge in [0.2, 0.25) is 0 Å². The van der Waals surface area contributed by atoms with Crippen molar-refractivity contribution in [2.45, 2.75) is 24.8 Å². The van der Waals surface area contributed by atoms with E-state index in [0.29, 0.717) is 5.69 Å². The summed E-state index contributed by atoms with van der Waals surface area (Å²) in [6, 6.07) is 7.08. The molecule has 0 aliphatic carbocycles. The molecule has 9 heteroatoms. The molecule has 1 heterocycles. The fourth-order valence-corrected chi connectivity index (χ4v) is 3.57. The van der Waals surface area contributed by atoms with Crippen molar-refractivity contribution < 1.29 is 22.7 Å². The minimum atomic E-state index is -4.20. The van der Waals surface area contributed by atoms with E-state index in [1.807, 2.05) is 4.72 Å². The number of carbonyl (C=O) groups is 1. The number of nitrogens with one attached hydrogen (secondary N) is 1. The summed E-state index contributed by atoms with van der Waals surface area (Å²) in [5.74, 6) is -0.698. The number of aryl methyl sites for hydroxylation is 1. The highest BCUT2D eigenvalue weighted by molar-refractivity contribution is 7.90. The van der Waals surface area contributed by atoms with E-state index in [1.165, 1.54) is 43.6 Å². The van der Waals surface area contributed by atoms with Gasteiger partial charge < -0.3 is 9.47 Å². The molecule has 140 valence electrons. The van der Waals surface area contributed by atoms with Crippen molar-refractivity contribution in [3.63, 3.8) is 0 Å². The maximum atomic E-state index is 12.7. The Morgan fingerprint density at radius 1 is 1.31 bits per heavy atom. The number of sulfonamides is 1. The molecule has 0 saturated heterocycles. The quantitative estimate of drug-likeness (QED) is 0.770. The van der Waals surface area contributed by atoms with Crippen LogP contribution in [0.4, 0.5) is 0 Å². The van der Waals surface area contributed by atoms with Crippen LogP contribution in [0.5, 0.6) is 5.75 Å². The molecule has 1 atom stereocenters. The lowest BCUT2D eigenvalue weighted by atomic mass is 10.2. The Kier molecular flexibility index (Phi) is 6.57. The molecule has 1 N–H and O–H groups in total. The predicted octanol–water partition coefficient (Wildman–Crippen LogP) is 2.58. The highest BCUT2D eigenvalue weighted by Crippen LogP contribution is 2.28. The first-order valence-corrected chi connectivity index (χ1v) is 9.54. The number of nitrogens with zero attached hydrogens (tertiary/aromatic N) is 1. The smallest absolute Gasteiger partial charge is 0.268 e. The van der Waals surface area contributed by atoms with Gasteiger partial charge in [-0.15, -0.1) is 0 Å². The maximum absolute atomic E-state index is 12.7. The van der Waals surface area contributed by atoms with Crippen LogP contribution < -0.4 is 9.46 Å². The number of hydrogen-bond donors (Lipinski definition) is 1. The Hall–Kier alpha value is -2.16. The lowest BCUT2D eigenvalue weighted by molar-refractivity contribution is 0.0900. The van der Waals surface area contributed by atoms with Crippen molar-refractivity contribution in [1.82, 2.24) is 9.71 Å². The molecule has 1 amide bonds. The molecule has 0 bridgehead atoms. The van der Waals surface area contributed by atoms with Crippen LogP contribution in [0.1, 0.15) is 23.0 Å². The second-order valence-corrected chi connectivity index (χ2v) is 7.68. The van der Waals surface area contributed by atoms with Gasteiger partial charge in [-0.1, -0.05) is 11.6 Å². The number of halogens is 1. The number of rotatable bonds is 7. The van der Waals surface area contributed by atoms with Crippen molar-refractivity contribution in [3.8, 4) is 5.75 Å². The van der Waals surface area contributed by atoms with Crippen LogP contribution in [0, 0.1) is 6.92 Å². The molecule has 0 saturated carbocycles. The first kappa shape index (κ1) is 20.2. The lowest BCUT2D eigenvalue weighted by Gasteiger charge is -2.17. The Morgan fingerprint density at radius 3 is 2.69 bits per heavy atom. The fraction of sp³-hybridized carbons (Fsp3) is 0.294. The molecule has 0 spiro atoms. The molecule has 0 aliphatic rings. The summed E-state index contributed by atoms with van der Waals surface area (Å²) in [7, 11) is -2.69.